The van der Waals surface area contributed by atoms with Gasteiger partial charge in [0.2, 0.25) is 0 Å². The number of hydrogen-bond donors (Lipinski definition) is 1. The fourth-order valence-corrected chi connectivity index (χ4v) is 2.95. The summed E-state index contributed by atoms with van der Waals surface area (Å²) in [7, 11) is 1.58. The Morgan fingerprint density at radius 3 is 2.54 bits per heavy atom. The first-order valence-corrected chi connectivity index (χ1v) is 8.29. The number of nitrogens with zero attached hydrogens (tertiary/aromatic N) is 3. The van der Waals surface area contributed by atoms with E-state index in [1.54, 1.807) is 31.4 Å². The Morgan fingerprint density at radius 2 is 1.81 bits per heavy atom. The second-order valence-corrected chi connectivity index (χ2v) is 5.88. The number of carbonyl (C=O) groups excluding carboxylic acids is 1. The molecule has 0 atom stereocenters. The highest BCUT2D eigenvalue weighted by atomic mass is 16.6. The van der Waals surface area contributed by atoms with Gasteiger partial charge in [-0.15, -0.1) is 0 Å². The molecule has 1 aliphatic rings. The molecule has 1 N–H and O–H groups in total. The minimum Gasteiger partial charge on any atom is -0.497 e. The number of amides is 1. The second-order valence-electron chi connectivity index (χ2n) is 5.88. The molecule has 8 nitrogen and oxygen atoms in total. The Hall–Kier alpha value is -3.13. The van der Waals surface area contributed by atoms with Crippen molar-refractivity contribution in [2.75, 3.05) is 43.6 Å². The van der Waals surface area contributed by atoms with Gasteiger partial charge in [0.1, 0.15) is 5.75 Å². The lowest BCUT2D eigenvalue weighted by Crippen LogP contribution is -2.36. The third kappa shape index (κ3) is 3.06. The molecule has 26 heavy (non-hydrogen) atoms. The smallest absolute Gasteiger partial charge is 0.255 e. The predicted molar refractivity (Wildman–Crippen MR) is 95.8 cm³/mol. The number of nitrogens with one attached hydrogen (secondary N) is 1. The molecule has 134 valence electrons. The standard InChI is InChI=1S/C18H18N4O4/c1-24-13-4-2-12(3-5-13)18(23)19-14-6-7-15(17-16(14)20-26-21-17)22-8-10-25-11-9-22/h2-7H,8-11H2,1H3,(H,19,23). The maximum Gasteiger partial charge on any atom is 0.255 e. The number of rotatable bonds is 4. The van der Waals surface area contributed by atoms with E-state index in [9.17, 15) is 4.79 Å². The minimum absolute atomic E-state index is 0.240. The average molecular weight is 354 g/mol. The summed E-state index contributed by atoms with van der Waals surface area (Å²) in [5.74, 6) is 0.454. The number of methoxy groups -OCH3 is 1. The van der Waals surface area contributed by atoms with Crippen LogP contribution in [0.1, 0.15) is 10.4 Å². The molecule has 0 aliphatic carbocycles. The Balaban J connectivity index is 1.60. The third-order valence-corrected chi connectivity index (χ3v) is 4.35. The van der Waals surface area contributed by atoms with E-state index >= 15 is 0 Å². The van der Waals surface area contributed by atoms with Crippen LogP contribution < -0.4 is 15.0 Å². The molecule has 8 heteroatoms. The minimum atomic E-state index is -0.240. The van der Waals surface area contributed by atoms with Crippen LogP contribution in [0.2, 0.25) is 0 Å². The molecule has 0 radical (unpaired) electrons. The number of fused-ring (bicyclic) bond motifs is 1. The number of hydrogen-bond acceptors (Lipinski definition) is 7. The summed E-state index contributed by atoms with van der Waals surface area (Å²) >= 11 is 0. The van der Waals surface area contributed by atoms with Crippen molar-refractivity contribution in [1.29, 1.82) is 0 Å². The molecule has 4 rings (SSSR count). The van der Waals surface area contributed by atoms with Crippen LogP contribution in [0.15, 0.2) is 41.0 Å². The summed E-state index contributed by atoms with van der Waals surface area (Å²) in [6.07, 6.45) is 0. The Morgan fingerprint density at radius 1 is 1.08 bits per heavy atom. The van der Waals surface area contributed by atoms with Gasteiger partial charge in [-0.05, 0) is 46.7 Å². The van der Waals surface area contributed by atoms with Crippen LogP contribution in [-0.2, 0) is 4.74 Å². The van der Waals surface area contributed by atoms with E-state index in [-0.39, 0.29) is 5.91 Å². The summed E-state index contributed by atoms with van der Waals surface area (Å²) in [4.78, 5) is 14.7. The summed E-state index contributed by atoms with van der Waals surface area (Å²) in [6.45, 7) is 2.89. The van der Waals surface area contributed by atoms with Gasteiger partial charge in [-0.25, -0.2) is 4.63 Å². The molecule has 0 spiro atoms. The van der Waals surface area contributed by atoms with Gasteiger partial charge >= 0.3 is 0 Å². The van der Waals surface area contributed by atoms with Gasteiger partial charge in [0.25, 0.3) is 5.91 Å². The van der Waals surface area contributed by atoms with Crippen molar-refractivity contribution < 1.29 is 18.9 Å². The van der Waals surface area contributed by atoms with E-state index < -0.39 is 0 Å². The molecule has 1 aliphatic heterocycles. The van der Waals surface area contributed by atoms with Crippen LogP contribution in [0, 0.1) is 0 Å². The van der Waals surface area contributed by atoms with Crippen molar-refractivity contribution in [3.63, 3.8) is 0 Å². The molecule has 0 saturated carbocycles. The van der Waals surface area contributed by atoms with E-state index in [2.05, 4.69) is 20.5 Å². The number of morpholine rings is 1. The number of aromatic nitrogens is 2. The van der Waals surface area contributed by atoms with Crippen LogP contribution in [-0.4, -0.2) is 49.6 Å². The van der Waals surface area contributed by atoms with E-state index in [4.69, 9.17) is 14.1 Å². The molecule has 3 aromatic rings. The topological polar surface area (TPSA) is 89.7 Å². The molecule has 1 saturated heterocycles. The normalized spacial score (nSPS) is 14.4. The van der Waals surface area contributed by atoms with Gasteiger partial charge in [0.05, 0.1) is 31.7 Å². The van der Waals surface area contributed by atoms with Crippen molar-refractivity contribution in [1.82, 2.24) is 10.3 Å². The van der Waals surface area contributed by atoms with Gasteiger partial charge in [0, 0.05) is 18.7 Å². The summed E-state index contributed by atoms with van der Waals surface area (Å²) < 4.78 is 15.4. The molecule has 2 aromatic carbocycles. The van der Waals surface area contributed by atoms with Gasteiger partial charge in [-0.2, -0.15) is 0 Å². The fourth-order valence-electron chi connectivity index (χ4n) is 2.95. The number of ether oxygens (including phenoxy) is 2. The molecule has 1 aromatic heterocycles. The van der Waals surface area contributed by atoms with Crippen molar-refractivity contribution in [3.05, 3.63) is 42.0 Å². The third-order valence-electron chi connectivity index (χ3n) is 4.35. The number of carbonyl (C=O) groups is 1. The van der Waals surface area contributed by atoms with Crippen LogP contribution in [0.25, 0.3) is 11.0 Å². The Bertz CT molecular complexity index is 917. The molecule has 0 unspecified atom stereocenters. The molecule has 1 fully saturated rings. The first kappa shape index (κ1) is 16.3. The summed E-state index contributed by atoms with van der Waals surface area (Å²) in [5.41, 5.74) is 3.15. The van der Waals surface area contributed by atoms with Crippen molar-refractivity contribution in [3.8, 4) is 5.75 Å². The van der Waals surface area contributed by atoms with Crippen LogP contribution in [0.3, 0.4) is 0 Å². The van der Waals surface area contributed by atoms with Gasteiger partial charge in [-0.1, -0.05) is 0 Å². The average Bonchev–Trinajstić information content (AvgIpc) is 3.19. The first-order valence-electron chi connectivity index (χ1n) is 8.29. The first-order chi connectivity index (χ1) is 12.8. The summed E-state index contributed by atoms with van der Waals surface area (Å²) in [6, 6.07) is 10.6. The largest absolute Gasteiger partial charge is 0.497 e. The fraction of sp³-hybridized carbons (Fsp3) is 0.278. The second kappa shape index (κ2) is 7.01. The highest BCUT2D eigenvalue weighted by molar-refractivity contribution is 6.09. The van der Waals surface area contributed by atoms with Gasteiger partial charge < -0.3 is 19.7 Å². The van der Waals surface area contributed by atoms with E-state index in [0.717, 1.165) is 18.8 Å². The van der Waals surface area contributed by atoms with Crippen LogP contribution in [0.5, 0.6) is 5.75 Å². The highest BCUT2D eigenvalue weighted by Crippen LogP contribution is 2.30. The van der Waals surface area contributed by atoms with Crippen molar-refractivity contribution in [2.24, 2.45) is 0 Å². The SMILES string of the molecule is COc1ccc(C(=O)Nc2ccc(N3CCOCC3)c3nonc23)cc1. The zero-order valence-corrected chi connectivity index (χ0v) is 14.3. The van der Waals surface area contributed by atoms with Crippen molar-refractivity contribution in [2.45, 2.75) is 0 Å². The van der Waals surface area contributed by atoms with Gasteiger partial charge in [-0.3, -0.25) is 4.79 Å². The predicted octanol–water partition coefficient (Wildman–Crippen LogP) is 2.32. The van der Waals surface area contributed by atoms with E-state index in [1.807, 2.05) is 12.1 Å². The lowest BCUT2D eigenvalue weighted by atomic mass is 10.1. The molecular weight excluding hydrogens is 336 g/mol. The molecular formula is C18H18N4O4. The molecule has 0 bridgehead atoms. The Kier molecular flexibility index (Phi) is 4.40. The number of benzene rings is 2. The highest BCUT2D eigenvalue weighted by Gasteiger charge is 2.20. The maximum atomic E-state index is 12.5. The molecule has 2 heterocycles. The molecule has 1 amide bonds. The quantitative estimate of drug-likeness (QED) is 0.769. The van der Waals surface area contributed by atoms with Crippen LogP contribution in [0.4, 0.5) is 11.4 Å². The maximum absolute atomic E-state index is 12.5. The zero-order chi connectivity index (χ0) is 17.9. The zero-order valence-electron chi connectivity index (χ0n) is 14.3. The number of anilines is 2. The van der Waals surface area contributed by atoms with E-state index in [1.165, 1.54) is 0 Å². The summed E-state index contributed by atoms with van der Waals surface area (Å²) in [5, 5.41) is 10.9. The lowest BCUT2D eigenvalue weighted by molar-refractivity contribution is 0.102. The van der Waals surface area contributed by atoms with Crippen molar-refractivity contribution >= 4 is 28.3 Å². The van der Waals surface area contributed by atoms with E-state index in [0.29, 0.717) is 41.2 Å². The van der Waals surface area contributed by atoms with Crippen LogP contribution >= 0.6 is 0 Å². The Labute approximate surface area is 149 Å². The monoisotopic (exact) mass is 354 g/mol. The lowest BCUT2D eigenvalue weighted by Gasteiger charge is -2.28. The van der Waals surface area contributed by atoms with Gasteiger partial charge in [0.15, 0.2) is 11.0 Å².